The Bertz CT molecular complexity index is 690. The van der Waals surface area contributed by atoms with E-state index in [-0.39, 0.29) is 0 Å². The number of carbonyl (C=O) groups is 1. The summed E-state index contributed by atoms with van der Waals surface area (Å²) >= 11 is 0. The van der Waals surface area contributed by atoms with Gasteiger partial charge in [0.05, 0.1) is 11.1 Å². The van der Waals surface area contributed by atoms with Gasteiger partial charge in [0.25, 0.3) is 0 Å². The fourth-order valence-electron chi connectivity index (χ4n) is 1.70. The quantitative estimate of drug-likeness (QED) is 0.621. The maximum Gasteiger partial charge on any atom is 0.166 e. The van der Waals surface area contributed by atoms with Gasteiger partial charge in [0.2, 0.25) is 0 Å². The van der Waals surface area contributed by atoms with Crippen LogP contribution in [0.15, 0.2) is 42.6 Å². The Morgan fingerprint density at radius 3 is 2.88 bits per heavy atom. The van der Waals surface area contributed by atoms with Gasteiger partial charge in [0.15, 0.2) is 12.1 Å². The summed E-state index contributed by atoms with van der Waals surface area (Å²) in [5, 5.41) is 8.05. The lowest BCUT2D eigenvalue weighted by Crippen LogP contribution is -2.03. The van der Waals surface area contributed by atoms with E-state index in [1.807, 2.05) is 24.3 Å². The topological polar surface area (TPSA) is 60.7 Å². The molecule has 3 aromatic rings. The fourth-order valence-corrected chi connectivity index (χ4v) is 1.70. The van der Waals surface area contributed by atoms with Gasteiger partial charge in [-0.2, -0.15) is 4.68 Å². The first kappa shape index (κ1) is 9.65. The Kier molecular flexibility index (Phi) is 2.15. The summed E-state index contributed by atoms with van der Waals surface area (Å²) in [6.45, 7) is 0. The summed E-state index contributed by atoms with van der Waals surface area (Å²) in [5.41, 5.74) is 2.09. The molecule has 0 aliphatic heterocycles. The highest BCUT2D eigenvalue weighted by atomic mass is 16.1. The molecule has 0 N–H and O–H groups in total. The van der Waals surface area contributed by atoms with Crippen LogP contribution in [0.3, 0.4) is 0 Å². The lowest BCUT2D eigenvalue weighted by Gasteiger charge is -2.02. The lowest BCUT2D eigenvalue weighted by atomic mass is 10.2. The van der Waals surface area contributed by atoms with Crippen LogP contribution in [0.2, 0.25) is 0 Å². The van der Waals surface area contributed by atoms with E-state index >= 15 is 0 Å². The van der Waals surface area contributed by atoms with Gasteiger partial charge in [-0.3, -0.25) is 4.79 Å². The molecule has 0 radical (unpaired) electrons. The van der Waals surface area contributed by atoms with Crippen LogP contribution >= 0.6 is 0 Å². The van der Waals surface area contributed by atoms with Gasteiger partial charge in [-0.25, -0.2) is 4.98 Å². The number of aldehydes is 1. The molecule has 0 aliphatic carbocycles. The Labute approximate surface area is 96.7 Å². The number of carbonyl (C=O) groups excluding carboxylic acids is 1. The maximum absolute atomic E-state index is 11.0. The van der Waals surface area contributed by atoms with E-state index in [0.29, 0.717) is 11.4 Å². The summed E-state index contributed by atoms with van der Waals surface area (Å²) in [4.78, 5) is 15.1. The van der Waals surface area contributed by atoms with E-state index in [1.165, 1.54) is 0 Å². The van der Waals surface area contributed by atoms with Crippen molar-refractivity contribution in [1.29, 1.82) is 0 Å². The van der Waals surface area contributed by atoms with Crippen molar-refractivity contribution in [2.24, 2.45) is 0 Å². The highest BCUT2D eigenvalue weighted by Crippen LogP contribution is 2.15. The summed E-state index contributed by atoms with van der Waals surface area (Å²) in [5.74, 6) is 0.496. The Morgan fingerprint density at radius 2 is 2.00 bits per heavy atom. The van der Waals surface area contributed by atoms with Crippen molar-refractivity contribution in [2.75, 3.05) is 0 Å². The van der Waals surface area contributed by atoms with Gasteiger partial charge in [-0.1, -0.05) is 17.3 Å². The summed E-state index contributed by atoms with van der Waals surface area (Å²) < 4.78 is 1.57. The second-order valence-electron chi connectivity index (χ2n) is 3.52. The number of nitrogens with zero attached hydrogens (tertiary/aromatic N) is 4. The van der Waals surface area contributed by atoms with E-state index in [9.17, 15) is 4.79 Å². The molecule has 0 saturated carbocycles. The first-order valence-electron chi connectivity index (χ1n) is 5.11. The van der Waals surface area contributed by atoms with Gasteiger partial charge in [0, 0.05) is 6.20 Å². The molecular weight excluding hydrogens is 216 g/mol. The van der Waals surface area contributed by atoms with Crippen molar-refractivity contribution >= 4 is 17.3 Å². The van der Waals surface area contributed by atoms with Gasteiger partial charge in [0.1, 0.15) is 5.52 Å². The number of para-hydroxylation sites is 1. The third-order valence-corrected chi connectivity index (χ3v) is 2.50. The first-order valence-corrected chi connectivity index (χ1v) is 5.11. The third-order valence-electron chi connectivity index (χ3n) is 2.50. The number of hydrogen-bond donors (Lipinski definition) is 0. The highest BCUT2D eigenvalue weighted by Gasteiger charge is 2.10. The van der Waals surface area contributed by atoms with Crippen molar-refractivity contribution in [3.05, 3.63) is 48.2 Å². The molecule has 5 heteroatoms. The van der Waals surface area contributed by atoms with Crippen LogP contribution < -0.4 is 0 Å². The van der Waals surface area contributed by atoms with Crippen molar-refractivity contribution in [1.82, 2.24) is 20.0 Å². The van der Waals surface area contributed by atoms with Crippen LogP contribution in [0.4, 0.5) is 0 Å². The van der Waals surface area contributed by atoms with Crippen LogP contribution in [0, 0.1) is 0 Å². The highest BCUT2D eigenvalue weighted by molar-refractivity contribution is 5.82. The van der Waals surface area contributed by atoms with E-state index in [0.717, 1.165) is 17.3 Å². The minimum Gasteiger partial charge on any atom is -0.298 e. The van der Waals surface area contributed by atoms with Crippen LogP contribution in [-0.4, -0.2) is 26.3 Å². The zero-order valence-corrected chi connectivity index (χ0v) is 8.82. The predicted molar refractivity (Wildman–Crippen MR) is 62.0 cm³/mol. The predicted octanol–water partition coefficient (Wildman–Crippen LogP) is 1.63. The molecule has 3 rings (SSSR count). The van der Waals surface area contributed by atoms with Crippen LogP contribution in [0.25, 0.3) is 16.9 Å². The second kappa shape index (κ2) is 3.79. The Hall–Kier alpha value is -2.56. The molecule has 17 heavy (non-hydrogen) atoms. The molecule has 0 amide bonds. The van der Waals surface area contributed by atoms with Crippen molar-refractivity contribution < 1.29 is 4.79 Å². The van der Waals surface area contributed by atoms with E-state index in [2.05, 4.69) is 15.3 Å². The summed E-state index contributed by atoms with van der Waals surface area (Å²) in [6, 6.07) is 10.9. The molecule has 1 aromatic carbocycles. The largest absolute Gasteiger partial charge is 0.298 e. The molecule has 0 aliphatic rings. The van der Waals surface area contributed by atoms with Crippen LogP contribution in [0.5, 0.6) is 0 Å². The van der Waals surface area contributed by atoms with Crippen molar-refractivity contribution in [3.63, 3.8) is 0 Å². The number of benzene rings is 1. The van der Waals surface area contributed by atoms with E-state index in [4.69, 9.17) is 0 Å². The molecule has 2 heterocycles. The molecule has 0 atom stereocenters. The molecule has 2 aromatic heterocycles. The average Bonchev–Trinajstić information content (AvgIpc) is 2.82. The van der Waals surface area contributed by atoms with Gasteiger partial charge in [-0.05, 0) is 24.3 Å². The monoisotopic (exact) mass is 224 g/mol. The second-order valence-corrected chi connectivity index (χ2v) is 3.52. The molecule has 0 bridgehead atoms. The average molecular weight is 224 g/mol. The number of fused-ring (bicyclic) bond motifs is 1. The molecular formula is C12H8N4O. The number of rotatable bonds is 2. The zero-order valence-electron chi connectivity index (χ0n) is 8.82. The number of pyridine rings is 1. The van der Waals surface area contributed by atoms with Crippen LogP contribution in [0.1, 0.15) is 10.4 Å². The standard InChI is InChI=1S/C12H8N4O/c17-8-9-4-3-7-13-12(9)16-11-6-2-1-5-10(11)14-15-16/h1-8H. The SMILES string of the molecule is O=Cc1cccnc1-n1nnc2ccccc21. The summed E-state index contributed by atoms with van der Waals surface area (Å²) in [6.07, 6.45) is 2.39. The Morgan fingerprint density at radius 1 is 1.12 bits per heavy atom. The van der Waals surface area contributed by atoms with Gasteiger partial charge in [-0.15, -0.1) is 5.10 Å². The lowest BCUT2D eigenvalue weighted by molar-refractivity contribution is 0.112. The molecule has 0 spiro atoms. The minimum atomic E-state index is 0.489. The summed E-state index contributed by atoms with van der Waals surface area (Å²) in [7, 11) is 0. The van der Waals surface area contributed by atoms with E-state index < -0.39 is 0 Å². The first-order chi connectivity index (χ1) is 8.40. The fraction of sp³-hybridized carbons (Fsp3) is 0. The molecule has 0 unspecified atom stereocenters. The third kappa shape index (κ3) is 1.48. The molecule has 82 valence electrons. The van der Waals surface area contributed by atoms with Crippen LogP contribution in [-0.2, 0) is 0 Å². The zero-order chi connectivity index (χ0) is 11.7. The molecule has 5 nitrogen and oxygen atoms in total. The van der Waals surface area contributed by atoms with Crippen molar-refractivity contribution in [2.45, 2.75) is 0 Å². The van der Waals surface area contributed by atoms with E-state index in [1.54, 1.807) is 23.0 Å². The maximum atomic E-state index is 11.0. The van der Waals surface area contributed by atoms with Gasteiger partial charge < -0.3 is 0 Å². The van der Waals surface area contributed by atoms with Crippen molar-refractivity contribution in [3.8, 4) is 5.82 Å². The Balaban J connectivity index is 2.31. The number of hydrogen-bond acceptors (Lipinski definition) is 4. The number of aromatic nitrogens is 4. The molecule has 0 saturated heterocycles. The van der Waals surface area contributed by atoms with Gasteiger partial charge >= 0.3 is 0 Å². The normalized spacial score (nSPS) is 10.6. The smallest absolute Gasteiger partial charge is 0.166 e. The minimum absolute atomic E-state index is 0.489. The molecule has 0 fully saturated rings.